The molecule has 3 aromatic heterocycles. The largest absolute Gasteiger partial charge is 0.480 e. The van der Waals surface area contributed by atoms with Crippen molar-refractivity contribution in [2.24, 2.45) is 7.05 Å². The van der Waals surface area contributed by atoms with E-state index < -0.39 is 11.9 Å². The lowest BCUT2D eigenvalue weighted by atomic mass is 9.90. The molecule has 0 spiro atoms. The highest BCUT2D eigenvalue weighted by atomic mass is 19.4. The van der Waals surface area contributed by atoms with Crippen LogP contribution in [0.2, 0.25) is 0 Å². The number of hydrogen-bond acceptors (Lipinski definition) is 9. The first-order valence-corrected chi connectivity index (χ1v) is 15.6. The quantitative estimate of drug-likeness (QED) is 0.229. The SMILES string of the molecule is COc1ncnc(C2CC2)c1-c1nc2c(c(NCc3ccc(-c4nc(C(F)(F)F)cn4C)cc3)n1)CC(N(C)CC1(C)CO1)CC2. The molecule has 1 saturated carbocycles. The van der Waals surface area contributed by atoms with Gasteiger partial charge in [0.25, 0.3) is 0 Å². The van der Waals surface area contributed by atoms with Gasteiger partial charge in [0.15, 0.2) is 11.5 Å². The summed E-state index contributed by atoms with van der Waals surface area (Å²) in [5.74, 6) is 2.37. The van der Waals surface area contributed by atoms with Crippen LogP contribution >= 0.6 is 0 Å². The second-order valence-corrected chi connectivity index (χ2v) is 12.9. The van der Waals surface area contributed by atoms with Crippen LogP contribution in [-0.2, 0) is 37.3 Å². The first-order valence-electron chi connectivity index (χ1n) is 15.6. The summed E-state index contributed by atoms with van der Waals surface area (Å²) in [6.07, 6.45) is 2.74. The number of benzene rings is 1. The fourth-order valence-corrected chi connectivity index (χ4v) is 6.34. The minimum atomic E-state index is -4.50. The Balaban J connectivity index is 1.19. The predicted molar refractivity (Wildman–Crippen MR) is 165 cm³/mol. The summed E-state index contributed by atoms with van der Waals surface area (Å²) in [7, 11) is 5.32. The molecule has 0 bridgehead atoms. The van der Waals surface area contributed by atoms with Gasteiger partial charge < -0.3 is 24.3 Å². The van der Waals surface area contributed by atoms with Gasteiger partial charge in [-0.15, -0.1) is 0 Å². The second kappa shape index (κ2) is 11.6. The molecule has 4 heterocycles. The summed E-state index contributed by atoms with van der Waals surface area (Å²) in [6.45, 7) is 4.25. The van der Waals surface area contributed by atoms with Crippen molar-refractivity contribution < 1.29 is 22.6 Å². The number of imidazole rings is 1. The van der Waals surface area contributed by atoms with Crippen LogP contribution in [0.4, 0.5) is 19.0 Å². The van der Waals surface area contributed by atoms with Gasteiger partial charge in [-0.2, -0.15) is 13.2 Å². The fraction of sp³-hybridized carbons (Fsp3) is 0.485. The topological polar surface area (TPSA) is 106 Å². The lowest BCUT2D eigenvalue weighted by Gasteiger charge is -2.34. The molecule has 1 N–H and O–H groups in total. The van der Waals surface area contributed by atoms with E-state index in [4.69, 9.17) is 19.4 Å². The Hall–Kier alpha value is -4.10. The third-order valence-corrected chi connectivity index (χ3v) is 9.15. The number of likely N-dealkylation sites (N-methyl/N-ethyl adjacent to an activating group) is 1. The molecule has 1 aromatic carbocycles. The van der Waals surface area contributed by atoms with E-state index in [-0.39, 0.29) is 11.4 Å². The monoisotopic (exact) mass is 634 g/mol. The number of rotatable bonds is 10. The Morgan fingerprint density at radius 3 is 2.52 bits per heavy atom. The molecule has 3 aliphatic rings. The number of halogens is 3. The molecule has 0 amide bonds. The van der Waals surface area contributed by atoms with E-state index in [1.165, 1.54) is 10.9 Å². The van der Waals surface area contributed by atoms with E-state index in [0.29, 0.717) is 35.8 Å². The van der Waals surface area contributed by atoms with Crippen LogP contribution in [0.15, 0.2) is 36.8 Å². The van der Waals surface area contributed by atoms with Crippen molar-refractivity contribution in [3.8, 4) is 28.7 Å². The first kappa shape index (κ1) is 30.5. The maximum absolute atomic E-state index is 13.2. The Morgan fingerprint density at radius 1 is 1.11 bits per heavy atom. The van der Waals surface area contributed by atoms with Crippen LogP contribution in [0.1, 0.15) is 60.3 Å². The number of epoxide rings is 1. The number of aromatic nitrogens is 6. The average Bonchev–Trinajstić information content (AvgIpc) is 3.97. The standard InChI is InChI=1S/C33H37F3N8O2/c1-32(17-46-32)16-44(3)22-11-12-24-23(13-22)28(42-29(40-24)26-27(20-9-10-20)38-18-39-31(26)45-4)37-14-19-5-7-21(8-6-19)30-41-25(15-43(30)2)33(34,35)36/h5-8,15,18,20,22H,9-14,16-17H2,1-4H3,(H,37,40,42). The minimum Gasteiger partial charge on any atom is -0.480 e. The molecule has 242 valence electrons. The summed E-state index contributed by atoms with van der Waals surface area (Å²) in [4.78, 5) is 25.4. The predicted octanol–water partition coefficient (Wildman–Crippen LogP) is 5.43. The number of fused-ring (bicyclic) bond motifs is 1. The van der Waals surface area contributed by atoms with E-state index in [1.54, 1.807) is 26.3 Å². The van der Waals surface area contributed by atoms with Crippen LogP contribution < -0.4 is 10.1 Å². The zero-order valence-electron chi connectivity index (χ0n) is 26.4. The van der Waals surface area contributed by atoms with Crippen LogP contribution in [0.5, 0.6) is 5.88 Å². The van der Waals surface area contributed by atoms with Crippen molar-refractivity contribution in [1.29, 1.82) is 0 Å². The smallest absolute Gasteiger partial charge is 0.434 e. The van der Waals surface area contributed by atoms with Crippen molar-refractivity contribution in [3.05, 3.63) is 65.0 Å². The molecule has 1 aliphatic heterocycles. The van der Waals surface area contributed by atoms with Gasteiger partial charge in [0.2, 0.25) is 5.88 Å². The highest BCUT2D eigenvalue weighted by Gasteiger charge is 2.42. The van der Waals surface area contributed by atoms with E-state index >= 15 is 0 Å². The van der Waals surface area contributed by atoms with Crippen LogP contribution in [-0.4, -0.2) is 73.3 Å². The maximum atomic E-state index is 13.2. The summed E-state index contributed by atoms with van der Waals surface area (Å²) in [6, 6.07) is 7.69. The van der Waals surface area contributed by atoms with E-state index in [1.807, 2.05) is 12.1 Å². The number of nitrogens with zero attached hydrogens (tertiary/aromatic N) is 7. The van der Waals surface area contributed by atoms with Gasteiger partial charge in [0.05, 0.1) is 19.4 Å². The molecule has 2 fully saturated rings. The third kappa shape index (κ3) is 6.17. The van der Waals surface area contributed by atoms with E-state index in [2.05, 4.69) is 39.1 Å². The minimum absolute atomic E-state index is 0.0745. The molecule has 2 unspecified atom stereocenters. The summed E-state index contributed by atoms with van der Waals surface area (Å²) in [5.41, 5.74) is 4.32. The molecule has 46 heavy (non-hydrogen) atoms. The normalized spacial score (nSPS) is 20.9. The van der Waals surface area contributed by atoms with Gasteiger partial charge in [-0.1, -0.05) is 24.3 Å². The highest BCUT2D eigenvalue weighted by Crippen LogP contribution is 2.45. The molecular formula is C33H37F3N8O2. The number of ether oxygens (including phenoxy) is 2. The lowest BCUT2D eigenvalue weighted by molar-refractivity contribution is -0.140. The summed E-state index contributed by atoms with van der Waals surface area (Å²) < 4.78 is 52.4. The van der Waals surface area contributed by atoms with Crippen molar-refractivity contribution >= 4 is 5.82 Å². The number of aryl methyl sites for hydroxylation is 2. The number of methoxy groups -OCH3 is 1. The molecule has 10 nitrogen and oxygen atoms in total. The highest BCUT2D eigenvalue weighted by molar-refractivity contribution is 5.68. The Bertz CT molecular complexity index is 1750. The zero-order valence-corrected chi connectivity index (χ0v) is 26.4. The van der Waals surface area contributed by atoms with Gasteiger partial charge in [0.1, 0.15) is 29.1 Å². The van der Waals surface area contributed by atoms with Crippen molar-refractivity contribution in [3.63, 3.8) is 0 Å². The van der Waals surface area contributed by atoms with Gasteiger partial charge in [-0.3, -0.25) is 0 Å². The summed E-state index contributed by atoms with van der Waals surface area (Å²) >= 11 is 0. The lowest BCUT2D eigenvalue weighted by Crippen LogP contribution is -2.41. The number of hydrogen-bond donors (Lipinski definition) is 1. The average molecular weight is 635 g/mol. The maximum Gasteiger partial charge on any atom is 0.434 e. The Labute approximate surface area is 265 Å². The summed E-state index contributed by atoms with van der Waals surface area (Å²) in [5, 5.41) is 3.57. The van der Waals surface area contributed by atoms with Gasteiger partial charge in [0, 0.05) is 55.1 Å². The molecule has 0 radical (unpaired) electrons. The second-order valence-electron chi connectivity index (χ2n) is 12.9. The number of nitrogens with one attached hydrogen (secondary N) is 1. The third-order valence-electron chi connectivity index (χ3n) is 9.15. The molecule has 7 rings (SSSR count). The fourth-order valence-electron chi connectivity index (χ4n) is 6.34. The van der Waals surface area contributed by atoms with E-state index in [9.17, 15) is 13.2 Å². The molecule has 2 atom stereocenters. The number of alkyl halides is 3. The molecule has 13 heteroatoms. The van der Waals surface area contributed by atoms with Crippen LogP contribution in [0.25, 0.3) is 22.8 Å². The van der Waals surface area contributed by atoms with E-state index in [0.717, 1.165) is 85.3 Å². The van der Waals surface area contributed by atoms with Crippen molar-refractivity contribution in [2.75, 3.05) is 32.6 Å². The zero-order chi connectivity index (χ0) is 32.2. The molecule has 2 aliphatic carbocycles. The molecule has 4 aromatic rings. The van der Waals surface area contributed by atoms with Crippen molar-refractivity contribution in [2.45, 2.75) is 69.3 Å². The Morgan fingerprint density at radius 2 is 1.87 bits per heavy atom. The number of anilines is 1. The van der Waals surface area contributed by atoms with Crippen LogP contribution in [0, 0.1) is 0 Å². The first-order chi connectivity index (χ1) is 22.0. The van der Waals surface area contributed by atoms with Gasteiger partial charge in [-0.05, 0) is 51.6 Å². The van der Waals surface area contributed by atoms with Gasteiger partial charge >= 0.3 is 6.18 Å². The van der Waals surface area contributed by atoms with Gasteiger partial charge in [-0.25, -0.2) is 24.9 Å². The molecule has 1 saturated heterocycles. The Kier molecular flexibility index (Phi) is 7.71. The molecular weight excluding hydrogens is 597 g/mol. The van der Waals surface area contributed by atoms with Crippen LogP contribution in [0.3, 0.4) is 0 Å². The van der Waals surface area contributed by atoms with Crippen molar-refractivity contribution in [1.82, 2.24) is 34.4 Å².